The van der Waals surface area contributed by atoms with E-state index in [1.165, 1.54) is 0 Å². The predicted molar refractivity (Wildman–Crippen MR) is 68.9 cm³/mol. The number of carbonyl (C=O) groups is 1. The van der Waals surface area contributed by atoms with Crippen molar-refractivity contribution in [1.29, 1.82) is 0 Å². The topological polar surface area (TPSA) is 60.2 Å². The van der Waals surface area contributed by atoms with Gasteiger partial charge < -0.3 is 0 Å². The van der Waals surface area contributed by atoms with Crippen molar-refractivity contribution in [1.82, 2.24) is 0 Å². The molecule has 100 valence electrons. The molecule has 0 aromatic rings. The second-order valence-electron chi connectivity index (χ2n) is 5.50. The predicted octanol–water partition coefficient (Wildman–Crippen LogP) is 3.28. The summed E-state index contributed by atoms with van der Waals surface area (Å²) >= 11 is 0. The number of nitro groups is 1. The maximum Gasteiger partial charge on any atom is 0.237 e. The van der Waals surface area contributed by atoms with Crippen molar-refractivity contribution >= 4 is 5.78 Å². The summed E-state index contributed by atoms with van der Waals surface area (Å²) in [4.78, 5) is 22.9. The first-order valence-electron chi connectivity index (χ1n) is 7.02. The highest BCUT2D eigenvalue weighted by atomic mass is 16.6. The van der Waals surface area contributed by atoms with Gasteiger partial charge in [0.2, 0.25) is 6.04 Å². The molecule has 2 atom stereocenters. The van der Waals surface area contributed by atoms with Crippen LogP contribution >= 0.6 is 0 Å². The van der Waals surface area contributed by atoms with Crippen molar-refractivity contribution in [3.8, 4) is 0 Å². The number of carbonyl (C=O) groups excluding carboxylic acids is 1. The van der Waals surface area contributed by atoms with Crippen LogP contribution in [0.1, 0.15) is 57.8 Å². The van der Waals surface area contributed by atoms with Crippen LogP contribution in [0.5, 0.6) is 0 Å². The molecule has 0 amide bonds. The van der Waals surface area contributed by atoms with Gasteiger partial charge in [-0.1, -0.05) is 12.5 Å². The second kappa shape index (κ2) is 6.12. The minimum absolute atomic E-state index is 0.0700. The Morgan fingerprint density at radius 3 is 2.67 bits per heavy atom. The third kappa shape index (κ3) is 3.18. The van der Waals surface area contributed by atoms with E-state index >= 15 is 0 Å². The van der Waals surface area contributed by atoms with Crippen molar-refractivity contribution in [3.05, 3.63) is 21.8 Å². The first kappa shape index (κ1) is 13.2. The average molecular weight is 251 g/mol. The molecule has 18 heavy (non-hydrogen) atoms. The molecule has 0 aromatic heterocycles. The van der Waals surface area contributed by atoms with E-state index < -0.39 is 6.04 Å². The van der Waals surface area contributed by atoms with Crippen LogP contribution in [0.2, 0.25) is 0 Å². The number of hydrogen-bond donors (Lipinski definition) is 0. The number of Topliss-reactive ketones (excluding diaryl/α,β-unsaturated/α-hetero) is 1. The molecule has 0 saturated heterocycles. The van der Waals surface area contributed by atoms with E-state index in [-0.39, 0.29) is 16.6 Å². The molecule has 0 bridgehead atoms. The zero-order chi connectivity index (χ0) is 13.0. The van der Waals surface area contributed by atoms with Gasteiger partial charge in [0.05, 0.1) is 0 Å². The van der Waals surface area contributed by atoms with E-state index in [4.69, 9.17) is 0 Å². The van der Waals surface area contributed by atoms with Gasteiger partial charge >= 0.3 is 0 Å². The number of hydrogen-bond acceptors (Lipinski definition) is 3. The number of nitrogens with zero attached hydrogens (tertiary/aromatic N) is 1. The van der Waals surface area contributed by atoms with Gasteiger partial charge in [0.1, 0.15) is 5.78 Å². The molecule has 0 spiro atoms. The summed E-state index contributed by atoms with van der Waals surface area (Å²) in [5.41, 5.74) is 0.978. The lowest BCUT2D eigenvalue weighted by Gasteiger charge is -2.23. The van der Waals surface area contributed by atoms with Gasteiger partial charge in [-0.3, -0.25) is 14.9 Å². The Morgan fingerprint density at radius 1 is 1.22 bits per heavy atom. The monoisotopic (exact) mass is 251 g/mol. The standard InChI is InChI=1S/C14H21NO3/c16-13-9-5-4-8-12(10-13)14(15(17)18)11-6-2-1-3-7-11/h6,12,14H,1-5,7-10H2/t12-,14-/m0/s1. The van der Waals surface area contributed by atoms with Crippen molar-refractivity contribution < 1.29 is 9.72 Å². The number of ketones is 1. The Bertz CT molecular complexity index is 362. The van der Waals surface area contributed by atoms with Crippen LogP contribution in [0.3, 0.4) is 0 Å². The summed E-state index contributed by atoms with van der Waals surface area (Å²) in [7, 11) is 0. The molecule has 4 nitrogen and oxygen atoms in total. The first-order valence-corrected chi connectivity index (χ1v) is 7.02. The molecule has 0 aliphatic heterocycles. The van der Waals surface area contributed by atoms with Crippen LogP contribution in [0.25, 0.3) is 0 Å². The largest absolute Gasteiger partial charge is 0.300 e. The van der Waals surface area contributed by atoms with E-state index in [1.54, 1.807) is 0 Å². The quantitative estimate of drug-likeness (QED) is 0.335. The van der Waals surface area contributed by atoms with Gasteiger partial charge in [-0.2, -0.15) is 0 Å². The minimum Gasteiger partial charge on any atom is -0.300 e. The molecule has 0 unspecified atom stereocenters. The van der Waals surface area contributed by atoms with Crippen LogP contribution in [-0.4, -0.2) is 16.7 Å². The Morgan fingerprint density at radius 2 is 2.00 bits per heavy atom. The van der Waals surface area contributed by atoms with Gasteiger partial charge in [-0.05, 0) is 44.1 Å². The van der Waals surface area contributed by atoms with Crippen molar-refractivity contribution in [2.75, 3.05) is 0 Å². The van der Waals surface area contributed by atoms with Gasteiger partial charge in [0.25, 0.3) is 0 Å². The van der Waals surface area contributed by atoms with Crippen LogP contribution in [0.15, 0.2) is 11.6 Å². The van der Waals surface area contributed by atoms with E-state index in [0.29, 0.717) is 12.8 Å². The molecule has 0 N–H and O–H groups in total. The highest BCUT2D eigenvalue weighted by Gasteiger charge is 2.36. The van der Waals surface area contributed by atoms with E-state index in [9.17, 15) is 14.9 Å². The van der Waals surface area contributed by atoms with Crippen LogP contribution in [-0.2, 0) is 4.79 Å². The molecule has 2 rings (SSSR count). The maximum absolute atomic E-state index is 11.7. The molecule has 1 saturated carbocycles. The molecular formula is C14H21NO3. The van der Waals surface area contributed by atoms with Crippen LogP contribution in [0.4, 0.5) is 0 Å². The Kier molecular flexibility index (Phi) is 4.50. The second-order valence-corrected chi connectivity index (χ2v) is 5.50. The van der Waals surface area contributed by atoms with Gasteiger partial charge in [0, 0.05) is 23.7 Å². The van der Waals surface area contributed by atoms with E-state index in [2.05, 4.69) is 0 Å². The highest BCUT2D eigenvalue weighted by molar-refractivity contribution is 5.78. The minimum atomic E-state index is -0.604. The SMILES string of the molecule is O=C1CCCC[C@H]([C@H](C2=CCCCC2)[N+](=O)[O-])C1. The normalized spacial score (nSPS) is 27.2. The molecular weight excluding hydrogens is 230 g/mol. The maximum atomic E-state index is 11.7. The summed E-state index contributed by atoms with van der Waals surface area (Å²) in [6.45, 7) is 0. The van der Waals surface area contributed by atoms with E-state index in [1.807, 2.05) is 6.08 Å². The third-order valence-corrected chi connectivity index (χ3v) is 4.15. The summed E-state index contributed by atoms with van der Waals surface area (Å²) in [6, 6.07) is -0.604. The molecule has 0 radical (unpaired) electrons. The average Bonchev–Trinajstić information content (AvgIpc) is 2.55. The summed E-state index contributed by atoms with van der Waals surface area (Å²) in [5.74, 6) is 0.139. The molecule has 1 fully saturated rings. The van der Waals surface area contributed by atoms with Gasteiger partial charge in [-0.25, -0.2) is 0 Å². The highest BCUT2D eigenvalue weighted by Crippen LogP contribution is 2.32. The number of rotatable bonds is 3. The van der Waals surface area contributed by atoms with Crippen molar-refractivity contribution in [3.63, 3.8) is 0 Å². The zero-order valence-electron chi connectivity index (χ0n) is 10.8. The fourth-order valence-corrected chi connectivity index (χ4v) is 3.24. The van der Waals surface area contributed by atoms with Crippen LogP contribution < -0.4 is 0 Å². The van der Waals surface area contributed by atoms with Gasteiger partial charge in [0.15, 0.2) is 0 Å². The molecule has 2 aliphatic carbocycles. The Labute approximate surface area is 108 Å². The first-order chi connectivity index (χ1) is 8.68. The fraction of sp³-hybridized carbons (Fsp3) is 0.786. The smallest absolute Gasteiger partial charge is 0.237 e. The summed E-state index contributed by atoms with van der Waals surface area (Å²) in [5, 5.41) is 11.4. The Hall–Kier alpha value is -1.19. The van der Waals surface area contributed by atoms with Crippen LogP contribution in [0, 0.1) is 16.0 Å². The Balaban J connectivity index is 2.15. The summed E-state index contributed by atoms with van der Waals surface area (Å²) < 4.78 is 0. The molecule has 4 heteroatoms. The van der Waals surface area contributed by atoms with Gasteiger partial charge in [-0.15, -0.1) is 0 Å². The lowest BCUT2D eigenvalue weighted by Crippen LogP contribution is -2.32. The fourth-order valence-electron chi connectivity index (χ4n) is 3.24. The zero-order valence-corrected chi connectivity index (χ0v) is 10.8. The van der Waals surface area contributed by atoms with E-state index in [0.717, 1.165) is 50.5 Å². The van der Waals surface area contributed by atoms with Crippen molar-refractivity contribution in [2.45, 2.75) is 63.8 Å². The lowest BCUT2D eigenvalue weighted by molar-refractivity contribution is -0.522. The molecule has 0 heterocycles. The molecule has 0 aromatic carbocycles. The molecule has 2 aliphatic rings. The number of allylic oxidation sites excluding steroid dienone is 1. The third-order valence-electron chi connectivity index (χ3n) is 4.15. The lowest BCUT2D eigenvalue weighted by atomic mass is 9.83. The van der Waals surface area contributed by atoms with Crippen molar-refractivity contribution in [2.24, 2.45) is 5.92 Å². The summed E-state index contributed by atoms with van der Waals surface area (Å²) in [6.07, 6.45) is 9.74.